The summed E-state index contributed by atoms with van der Waals surface area (Å²) in [5, 5.41) is 7.00. The van der Waals surface area contributed by atoms with Gasteiger partial charge in [0, 0.05) is 60.7 Å². The van der Waals surface area contributed by atoms with Crippen molar-refractivity contribution in [2.75, 3.05) is 0 Å². The van der Waals surface area contributed by atoms with E-state index < -0.39 is 0 Å². The van der Waals surface area contributed by atoms with Crippen molar-refractivity contribution in [1.82, 2.24) is 19.9 Å². The Morgan fingerprint density at radius 3 is 2.07 bits per heavy atom. The first-order chi connectivity index (χ1) is 20.8. The van der Waals surface area contributed by atoms with Gasteiger partial charge in [0.25, 0.3) is 0 Å². The average Bonchev–Trinajstić information content (AvgIpc) is 3.63. The van der Waals surface area contributed by atoms with Crippen LogP contribution in [0.2, 0.25) is 0 Å². The molecular weight excluding hydrogens is 536 g/mol. The molecule has 0 radical (unpaired) electrons. The van der Waals surface area contributed by atoms with Crippen molar-refractivity contribution in [3.8, 4) is 34.2 Å². The highest BCUT2D eigenvalue weighted by molar-refractivity contribution is 7.26. The van der Waals surface area contributed by atoms with E-state index in [9.17, 15) is 0 Å². The normalized spacial score (nSPS) is 11.8. The molecule has 0 aliphatic rings. The van der Waals surface area contributed by atoms with Crippen LogP contribution in [0.5, 0.6) is 0 Å². The fraction of sp³-hybridized carbons (Fsp3) is 0. The van der Waals surface area contributed by atoms with E-state index in [4.69, 9.17) is 19.4 Å². The van der Waals surface area contributed by atoms with E-state index in [1.54, 1.807) is 11.3 Å². The second kappa shape index (κ2) is 9.03. The molecule has 4 heterocycles. The van der Waals surface area contributed by atoms with Crippen LogP contribution >= 0.6 is 11.3 Å². The molecule has 4 aromatic heterocycles. The Balaban J connectivity index is 1.26. The Labute approximate surface area is 243 Å². The van der Waals surface area contributed by atoms with Crippen molar-refractivity contribution in [2.45, 2.75) is 0 Å². The summed E-state index contributed by atoms with van der Waals surface area (Å²) in [4.78, 5) is 19.3. The van der Waals surface area contributed by atoms with Crippen LogP contribution in [0.15, 0.2) is 126 Å². The maximum absolute atomic E-state index is 6.18. The lowest BCUT2D eigenvalue weighted by molar-refractivity contribution is 0.669. The molecule has 0 amide bonds. The predicted molar refractivity (Wildman–Crippen MR) is 172 cm³/mol. The molecule has 0 aliphatic carbocycles. The number of furan rings is 1. The maximum atomic E-state index is 6.18. The second-order valence-corrected chi connectivity index (χ2v) is 11.4. The number of rotatable bonds is 3. The summed E-state index contributed by atoms with van der Waals surface area (Å²) in [7, 11) is 0. The Hall–Kier alpha value is -5.46. The summed E-state index contributed by atoms with van der Waals surface area (Å²) in [6.07, 6.45) is 3.80. The molecule has 0 bridgehead atoms. The Morgan fingerprint density at radius 2 is 1.19 bits per heavy atom. The third-order valence-corrected chi connectivity index (χ3v) is 9.01. The lowest BCUT2D eigenvalue weighted by Gasteiger charge is -2.09. The summed E-state index contributed by atoms with van der Waals surface area (Å²) in [6, 6.07) is 37.3. The van der Waals surface area contributed by atoms with E-state index in [0.717, 1.165) is 38.6 Å². The molecule has 9 aromatic rings. The minimum absolute atomic E-state index is 0.604. The molecule has 0 N–H and O–H groups in total. The molecule has 0 aliphatic heterocycles. The molecule has 0 saturated heterocycles. The van der Waals surface area contributed by atoms with Crippen LogP contribution in [0.4, 0.5) is 0 Å². The van der Waals surface area contributed by atoms with Gasteiger partial charge in [0.2, 0.25) is 0 Å². The smallest absolute Gasteiger partial charge is 0.164 e. The van der Waals surface area contributed by atoms with Gasteiger partial charge < -0.3 is 4.42 Å². The zero-order chi connectivity index (χ0) is 27.6. The van der Waals surface area contributed by atoms with Crippen molar-refractivity contribution in [3.63, 3.8) is 0 Å². The zero-order valence-electron chi connectivity index (χ0n) is 22.2. The van der Waals surface area contributed by atoms with Gasteiger partial charge in [-0.2, -0.15) is 0 Å². The molecule has 0 unspecified atom stereocenters. The largest absolute Gasteiger partial charge is 0.456 e. The number of aromatic nitrogens is 4. The van der Waals surface area contributed by atoms with Crippen molar-refractivity contribution in [3.05, 3.63) is 122 Å². The SMILES string of the molecule is c1ccc(-c2nc(-c3ccc4c(c3)oc3ccccc34)nc(-c3ccc4ccc5c6ccncc6sc5c4c3)n2)cc1. The van der Waals surface area contributed by atoms with Crippen molar-refractivity contribution in [1.29, 1.82) is 0 Å². The molecule has 0 fully saturated rings. The Bertz CT molecular complexity index is 2480. The summed E-state index contributed by atoms with van der Waals surface area (Å²) >= 11 is 1.77. The van der Waals surface area contributed by atoms with Gasteiger partial charge in [0.1, 0.15) is 11.2 Å². The Morgan fingerprint density at radius 1 is 0.500 bits per heavy atom. The Kier molecular flexibility index (Phi) is 5.00. The summed E-state index contributed by atoms with van der Waals surface area (Å²) in [5.74, 6) is 1.87. The average molecular weight is 557 g/mol. The van der Waals surface area contributed by atoms with Crippen molar-refractivity contribution < 1.29 is 4.42 Å². The van der Waals surface area contributed by atoms with Gasteiger partial charge in [-0.25, -0.2) is 15.0 Å². The van der Waals surface area contributed by atoms with Gasteiger partial charge >= 0.3 is 0 Å². The van der Waals surface area contributed by atoms with E-state index >= 15 is 0 Å². The summed E-state index contributed by atoms with van der Waals surface area (Å²) in [6.45, 7) is 0. The van der Waals surface area contributed by atoms with Crippen LogP contribution in [0.25, 0.3) is 87.0 Å². The molecule has 6 heteroatoms. The van der Waals surface area contributed by atoms with Gasteiger partial charge in [0.15, 0.2) is 17.5 Å². The highest BCUT2D eigenvalue weighted by Gasteiger charge is 2.16. The van der Waals surface area contributed by atoms with E-state index in [0.29, 0.717) is 17.5 Å². The van der Waals surface area contributed by atoms with Crippen LogP contribution < -0.4 is 0 Å². The second-order valence-electron chi connectivity index (χ2n) is 10.3. The van der Waals surface area contributed by atoms with Crippen LogP contribution in [0.1, 0.15) is 0 Å². The minimum atomic E-state index is 0.604. The highest BCUT2D eigenvalue weighted by atomic mass is 32.1. The van der Waals surface area contributed by atoms with Gasteiger partial charge in [0.05, 0.1) is 4.70 Å². The maximum Gasteiger partial charge on any atom is 0.164 e. The molecule has 196 valence electrons. The van der Waals surface area contributed by atoms with Crippen LogP contribution in [-0.4, -0.2) is 19.9 Å². The number of pyridine rings is 1. The molecule has 9 rings (SSSR count). The van der Waals surface area contributed by atoms with Crippen molar-refractivity contribution in [2.24, 2.45) is 0 Å². The standard InChI is InChI=1S/C36H20N4OS/c1-2-6-22(7-3-1)34-38-35(40-36(39-34)24-13-14-26-25-8-4-5-9-30(25)41-31(26)19-24)23-11-10-21-12-15-28-27-16-17-37-20-32(27)42-33(28)29(21)18-23/h1-20H. The van der Waals surface area contributed by atoms with E-state index in [1.165, 1.54) is 30.9 Å². The van der Waals surface area contributed by atoms with E-state index in [1.807, 2.05) is 67.0 Å². The topological polar surface area (TPSA) is 64.7 Å². The first-order valence-corrected chi connectivity index (χ1v) is 14.5. The molecule has 0 saturated carbocycles. The third kappa shape index (κ3) is 3.62. The van der Waals surface area contributed by atoms with Crippen LogP contribution in [0.3, 0.4) is 0 Å². The molecule has 0 spiro atoms. The lowest BCUT2D eigenvalue weighted by atomic mass is 10.0. The molecule has 0 atom stereocenters. The summed E-state index contributed by atoms with van der Waals surface area (Å²) < 4.78 is 8.61. The van der Waals surface area contributed by atoms with Crippen LogP contribution in [0, 0.1) is 0 Å². The number of fused-ring (bicyclic) bond motifs is 8. The fourth-order valence-electron chi connectivity index (χ4n) is 5.76. The number of benzene rings is 5. The predicted octanol–water partition coefficient (Wildman–Crippen LogP) is 9.69. The van der Waals surface area contributed by atoms with Gasteiger partial charge in [-0.05, 0) is 35.7 Å². The minimum Gasteiger partial charge on any atom is -0.456 e. The molecular formula is C36H20N4OS. The van der Waals surface area contributed by atoms with E-state index in [2.05, 4.69) is 59.6 Å². The van der Waals surface area contributed by atoms with Crippen LogP contribution in [-0.2, 0) is 0 Å². The molecule has 5 nitrogen and oxygen atoms in total. The first-order valence-electron chi connectivity index (χ1n) is 13.7. The number of para-hydroxylation sites is 1. The quantitative estimate of drug-likeness (QED) is 0.217. The number of thiophene rings is 1. The van der Waals surface area contributed by atoms with Gasteiger partial charge in [-0.3, -0.25) is 4.98 Å². The first kappa shape index (κ1) is 23.3. The fourth-order valence-corrected chi connectivity index (χ4v) is 6.96. The monoisotopic (exact) mass is 556 g/mol. The number of nitrogens with zero attached hydrogens (tertiary/aromatic N) is 4. The van der Waals surface area contributed by atoms with Crippen molar-refractivity contribution >= 4 is 64.2 Å². The number of hydrogen-bond acceptors (Lipinski definition) is 6. The van der Waals surface area contributed by atoms with E-state index in [-0.39, 0.29) is 0 Å². The number of hydrogen-bond donors (Lipinski definition) is 0. The molecule has 42 heavy (non-hydrogen) atoms. The highest BCUT2D eigenvalue weighted by Crippen LogP contribution is 2.39. The summed E-state index contributed by atoms with van der Waals surface area (Å²) in [5.41, 5.74) is 4.43. The lowest BCUT2D eigenvalue weighted by Crippen LogP contribution is -2.00. The zero-order valence-corrected chi connectivity index (χ0v) is 23.0. The third-order valence-electron chi connectivity index (χ3n) is 7.82. The van der Waals surface area contributed by atoms with Gasteiger partial charge in [-0.1, -0.05) is 78.9 Å². The van der Waals surface area contributed by atoms with Gasteiger partial charge in [-0.15, -0.1) is 11.3 Å². The molecule has 5 aromatic carbocycles.